The number of aryl methyl sites for hydroxylation is 2. The Morgan fingerprint density at radius 1 is 0.977 bits per heavy atom. The molecular formula is C36H45N5O2S. The standard InChI is InChI=1S/C36H45N5O2S/c1-22(2)25(5)43-28-19-37-32(38-20-28)16-30-26-13-10-14-29(15-26)44-41-35-39-31(34-23(3)11-9-12-24(34)4)17-33(40-35)42-21-27(30)18-36(6,7)8/h9-15,17,19-20,22,25,27,30H,16,18,21H2,1-8H3,(H,39,40,41). The molecule has 232 valence electrons. The van der Waals surface area contributed by atoms with Gasteiger partial charge >= 0.3 is 0 Å². The minimum absolute atomic E-state index is 0.0864. The predicted octanol–water partition coefficient (Wildman–Crippen LogP) is 8.86. The highest BCUT2D eigenvalue weighted by molar-refractivity contribution is 8.00. The van der Waals surface area contributed by atoms with Gasteiger partial charge in [-0.2, -0.15) is 4.98 Å². The fourth-order valence-corrected chi connectivity index (χ4v) is 6.36. The average Bonchev–Trinajstić information content (AvgIpc) is 2.97. The Hall–Kier alpha value is -3.65. The third-order valence-electron chi connectivity index (χ3n) is 8.22. The second kappa shape index (κ2) is 13.6. The lowest BCUT2D eigenvalue weighted by molar-refractivity contribution is 0.164. The van der Waals surface area contributed by atoms with Gasteiger partial charge in [0.1, 0.15) is 5.82 Å². The Labute approximate surface area is 266 Å². The lowest BCUT2D eigenvalue weighted by atomic mass is 9.75. The van der Waals surface area contributed by atoms with Crippen LogP contribution in [-0.4, -0.2) is 32.6 Å². The van der Waals surface area contributed by atoms with Gasteiger partial charge in [-0.1, -0.05) is 65.0 Å². The summed E-state index contributed by atoms with van der Waals surface area (Å²) in [5, 5.41) is 0. The van der Waals surface area contributed by atoms with Crippen LogP contribution in [0.25, 0.3) is 11.3 Å². The number of ether oxygens (including phenoxy) is 2. The van der Waals surface area contributed by atoms with Crippen molar-refractivity contribution < 1.29 is 9.47 Å². The average molecular weight is 612 g/mol. The first kappa shape index (κ1) is 31.8. The van der Waals surface area contributed by atoms with Crippen LogP contribution in [0.15, 0.2) is 65.8 Å². The summed E-state index contributed by atoms with van der Waals surface area (Å²) in [5.41, 5.74) is 5.63. The van der Waals surface area contributed by atoms with Crippen molar-refractivity contribution in [1.82, 2.24) is 19.9 Å². The number of hydrogen-bond acceptors (Lipinski definition) is 8. The summed E-state index contributed by atoms with van der Waals surface area (Å²) in [6.07, 6.45) is 5.35. The molecule has 8 heteroatoms. The molecule has 0 spiro atoms. The van der Waals surface area contributed by atoms with E-state index in [0.29, 0.717) is 36.5 Å². The first-order chi connectivity index (χ1) is 20.9. The number of aromatic nitrogens is 4. The zero-order valence-electron chi connectivity index (χ0n) is 27.2. The maximum absolute atomic E-state index is 6.58. The van der Waals surface area contributed by atoms with Crippen molar-refractivity contribution in [3.63, 3.8) is 0 Å². The largest absolute Gasteiger partial charge is 0.487 e. The van der Waals surface area contributed by atoms with Crippen LogP contribution in [0, 0.1) is 31.1 Å². The van der Waals surface area contributed by atoms with Crippen LogP contribution in [0.3, 0.4) is 0 Å². The molecule has 1 aliphatic heterocycles. The maximum atomic E-state index is 6.58. The molecule has 3 unspecified atom stereocenters. The molecule has 44 heavy (non-hydrogen) atoms. The molecule has 3 atom stereocenters. The van der Waals surface area contributed by atoms with Gasteiger partial charge in [-0.25, -0.2) is 15.0 Å². The van der Waals surface area contributed by atoms with E-state index in [2.05, 4.69) is 103 Å². The van der Waals surface area contributed by atoms with E-state index in [9.17, 15) is 0 Å². The van der Waals surface area contributed by atoms with E-state index in [1.54, 1.807) is 12.4 Å². The molecule has 5 rings (SSSR count). The summed E-state index contributed by atoms with van der Waals surface area (Å²) in [6.45, 7) is 18.0. The minimum atomic E-state index is 0.0864. The van der Waals surface area contributed by atoms with Gasteiger partial charge in [-0.3, -0.25) is 4.72 Å². The summed E-state index contributed by atoms with van der Waals surface area (Å²) >= 11 is 1.51. The number of fused-ring (bicyclic) bond motifs is 4. The molecule has 4 bridgehead atoms. The third kappa shape index (κ3) is 8.08. The van der Waals surface area contributed by atoms with E-state index in [4.69, 9.17) is 29.4 Å². The molecule has 2 aromatic carbocycles. The van der Waals surface area contributed by atoms with E-state index in [1.165, 1.54) is 28.6 Å². The van der Waals surface area contributed by atoms with E-state index in [1.807, 2.05) is 6.07 Å². The van der Waals surface area contributed by atoms with Gasteiger partial charge in [0.15, 0.2) is 5.75 Å². The fraction of sp³-hybridized carbons (Fsp3) is 0.444. The van der Waals surface area contributed by atoms with Gasteiger partial charge in [0, 0.05) is 28.9 Å². The van der Waals surface area contributed by atoms with Crippen molar-refractivity contribution in [2.45, 2.75) is 85.1 Å². The Morgan fingerprint density at radius 3 is 2.36 bits per heavy atom. The van der Waals surface area contributed by atoms with Crippen LogP contribution in [0.2, 0.25) is 0 Å². The van der Waals surface area contributed by atoms with Crippen LogP contribution >= 0.6 is 11.9 Å². The van der Waals surface area contributed by atoms with Gasteiger partial charge in [0.2, 0.25) is 11.8 Å². The Bertz CT molecular complexity index is 1550. The fourth-order valence-electron chi connectivity index (χ4n) is 5.71. The highest BCUT2D eigenvalue weighted by atomic mass is 32.2. The zero-order chi connectivity index (χ0) is 31.4. The van der Waals surface area contributed by atoms with E-state index >= 15 is 0 Å². The highest BCUT2D eigenvalue weighted by Gasteiger charge is 2.30. The normalized spacial score (nSPS) is 17.6. The zero-order valence-corrected chi connectivity index (χ0v) is 28.0. The van der Waals surface area contributed by atoms with Gasteiger partial charge in [0.05, 0.1) is 30.8 Å². The van der Waals surface area contributed by atoms with Gasteiger partial charge in [0.25, 0.3) is 0 Å². The minimum Gasteiger partial charge on any atom is -0.487 e. The monoisotopic (exact) mass is 611 g/mol. The molecular weight excluding hydrogens is 566 g/mol. The molecule has 0 radical (unpaired) electrons. The number of benzene rings is 2. The molecule has 7 nitrogen and oxygen atoms in total. The van der Waals surface area contributed by atoms with Crippen molar-refractivity contribution in [3.05, 3.63) is 83.4 Å². The van der Waals surface area contributed by atoms with Crippen molar-refractivity contribution >= 4 is 17.9 Å². The van der Waals surface area contributed by atoms with Crippen LogP contribution in [0.1, 0.15) is 76.4 Å². The van der Waals surface area contributed by atoms with E-state index < -0.39 is 0 Å². The molecule has 3 heterocycles. The van der Waals surface area contributed by atoms with E-state index in [0.717, 1.165) is 28.4 Å². The lowest BCUT2D eigenvalue weighted by Gasteiger charge is -2.33. The SMILES string of the molecule is Cc1cccc(C)c1-c1cc2nc(n1)NSc1cccc(c1)C(Cc1ncc(OC(C)C(C)C)cn1)C(CC(C)(C)C)CO2. The Morgan fingerprint density at radius 2 is 1.68 bits per heavy atom. The van der Waals surface area contributed by atoms with Gasteiger partial charge in [-0.05, 0) is 85.2 Å². The molecule has 1 N–H and O–H groups in total. The van der Waals surface area contributed by atoms with Gasteiger partial charge in [-0.15, -0.1) is 0 Å². The topological polar surface area (TPSA) is 82.1 Å². The molecule has 4 aromatic rings. The molecule has 0 saturated carbocycles. The summed E-state index contributed by atoms with van der Waals surface area (Å²) in [5.74, 6) is 3.32. The number of hydrogen-bond donors (Lipinski definition) is 1. The summed E-state index contributed by atoms with van der Waals surface area (Å²) in [7, 11) is 0. The molecule has 0 amide bonds. The molecule has 0 fully saturated rings. The van der Waals surface area contributed by atoms with Crippen LogP contribution in [0.4, 0.5) is 5.95 Å². The van der Waals surface area contributed by atoms with Crippen molar-refractivity contribution in [2.24, 2.45) is 17.3 Å². The first-order valence-corrected chi connectivity index (χ1v) is 16.4. The molecule has 1 aliphatic rings. The first-order valence-electron chi connectivity index (χ1n) is 15.5. The van der Waals surface area contributed by atoms with E-state index in [-0.39, 0.29) is 23.4 Å². The summed E-state index contributed by atoms with van der Waals surface area (Å²) < 4.78 is 16.0. The van der Waals surface area contributed by atoms with Crippen molar-refractivity contribution in [1.29, 1.82) is 0 Å². The molecule has 2 aromatic heterocycles. The van der Waals surface area contributed by atoms with Crippen LogP contribution < -0.4 is 14.2 Å². The second-order valence-electron chi connectivity index (χ2n) is 13.5. The highest BCUT2D eigenvalue weighted by Crippen LogP contribution is 2.39. The van der Waals surface area contributed by atoms with Crippen LogP contribution in [-0.2, 0) is 6.42 Å². The summed E-state index contributed by atoms with van der Waals surface area (Å²) in [6, 6.07) is 17.0. The maximum Gasteiger partial charge on any atom is 0.237 e. The van der Waals surface area contributed by atoms with Crippen molar-refractivity contribution in [2.75, 3.05) is 11.3 Å². The Kier molecular flexibility index (Phi) is 9.78. The number of nitrogens with one attached hydrogen (secondary N) is 1. The lowest BCUT2D eigenvalue weighted by Crippen LogP contribution is -2.28. The second-order valence-corrected chi connectivity index (χ2v) is 14.4. The predicted molar refractivity (Wildman–Crippen MR) is 179 cm³/mol. The van der Waals surface area contributed by atoms with Gasteiger partial charge < -0.3 is 9.47 Å². The smallest absolute Gasteiger partial charge is 0.237 e. The molecule has 0 saturated heterocycles. The Balaban J connectivity index is 1.51. The van der Waals surface area contributed by atoms with Crippen molar-refractivity contribution in [3.8, 4) is 22.9 Å². The third-order valence-corrected chi connectivity index (χ3v) is 8.99. The number of rotatable bonds is 7. The summed E-state index contributed by atoms with van der Waals surface area (Å²) in [4.78, 5) is 20.3. The molecule has 0 aliphatic carbocycles. The number of nitrogens with zero attached hydrogens (tertiary/aromatic N) is 4. The van der Waals surface area contributed by atoms with Crippen LogP contribution in [0.5, 0.6) is 11.6 Å². The quantitative estimate of drug-likeness (QED) is 0.208. The number of anilines is 1.